The number of aliphatic carboxylic acids is 2. The van der Waals surface area contributed by atoms with Gasteiger partial charge < -0.3 is 20.3 Å². The quantitative estimate of drug-likeness (QED) is 0.447. The maximum atomic E-state index is 10.4. The van der Waals surface area contributed by atoms with E-state index in [1.807, 2.05) is 24.3 Å². The fourth-order valence-electron chi connectivity index (χ4n) is 2.28. The fourth-order valence-corrected chi connectivity index (χ4v) is 2.28. The molecule has 0 saturated heterocycles. The summed E-state index contributed by atoms with van der Waals surface area (Å²) < 4.78 is 5.77. The van der Waals surface area contributed by atoms with Crippen LogP contribution < -0.4 is 10.1 Å². The zero-order valence-corrected chi connectivity index (χ0v) is 14.0. The van der Waals surface area contributed by atoms with Gasteiger partial charge in [-0.05, 0) is 44.2 Å². The fraction of sp³-hybridized carbons (Fsp3) is 0.556. The first kappa shape index (κ1) is 19.8. The molecule has 0 aliphatic heterocycles. The largest absolute Gasteiger partial charge is 0.491 e. The molecule has 6 heteroatoms. The summed E-state index contributed by atoms with van der Waals surface area (Å²) in [6, 6.07) is 7.71. The molecular weight excluding hydrogens is 310 g/mol. The van der Waals surface area contributed by atoms with Crippen molar-refractivity contribution >= 4 is 17.6 Å². The van der Waals surface area contributed by atoms with Crippen LogP contribution in [-0.2, 0) is 9.59 Å². The van der Waals surface area contributed by atoms with Crippen LogP contribution in [0.2, 0.25) is 0 Å². The van der Waals surface area contributed by atoms with E-state index in [1.54, 1.807) is 0 Å². The molecule has 0 unspecified atom stereocenters. The van der Waals surface area contributed by atoms with Gasteiger partial charge in [-0.25, -0.2) is 0 Å². The van der Waals surface area contributed by atoms with E-state index in [1.165, 1.54) is 0 Å². The molecule has 3 N–H and O–H groups in total. The Morgan fingerprint density at radius 3 is 2.17 bits per heavy atom. The summed E-state index contributed by atoms with van der Waals surface area (Å²) in [6.45, 7) is 1.34. The maximum Gasteiger partial charge on any atom is 0.303 e. The first-order chi connectivity index (χ1) is 11.6. The van der Waals surface area contributed by atoms with Gasteiger partial charge >= 0.3 is 11.9 Å². The summed E-state index contributed by atoms with van der Waals surface area (Å²) in [5, 5.41) is 20.5. The monoisotopic (exact) mass is 337 g/mol. The van der Waals surface area contributed by atoms with Crippen LogP contribution in [0.25, 0.3) is 0 Å². The number of nitrogens with one attached hydrogen (secondary N) is 1. The lowest BCUT2D eigenvalue weighted by Gasteiger charge is -2.13. The number of para-hydroxylation sites is 2. The standard InChI is InChI=1S/C18H27NO5/c20-17(21)11-3-1-7-13-19-15-9-5-6-10-16(15)24-14-8-2-4-12-18(22)23/h5-6,9-10,19H,1-4,7-8,11-14H2,(H,20,21)(H,22,23). The first-order valence-corrected chi connectivity index (χ1v) is 8.49. The van der Waals surface area contributed by atoms with Crippen molar-refractivity contribution < 1.29 is 24.5 Å². The van der Waals surface area contributed by atoms with Crippen LogP contribution in [-0.4, -0.2) is 35.3 Å². The van der Waals surface area contributed by atoms with Crippen molar-refractivity contribution in [3.05, 3.63) is 24.3 Å². The molecule has 0 spiro atoms. The Hall–Kier alpha value is -2.24. The number of hydrogen-bond donors (Lipinski definition) is 3. The smallest absolute Gasteiger partial charge is 0.303 e. The molecule has 0 atom stereocenters. The second-order valence-corrected chi connectivity index (χ2v) is 5.68. The molecule has 0 bridgehead atoms. The molecular formula is C18H27NO5. The highest BCUT2D eigenvalue weighted by Gasteiger charge is 2.03. The number of benzene rings is 1. The number of carboxylic acid groups (broad SMARTS) is 2. The van der Waals surface area contributed by atoms with Gasteiger partial charge in [0.2, 0.25) is 0 Å². The first-order valence-electron chi connectivity index (χ1n) is 8.49. The minimum atomic E-state index is -0.756. The van der Waals surface area contributed by atoms with E-state index in [-0.39, 0.29) is 12.8 Å². The summed E-state index contributed by atoms with van der Waals surface area (Å²) in [5.74, 6) is -0.708. The minimum Gasteiger partial charge on any atom is -0.491 e. The van der Waals surface area contributed by atoms with Gasteiger partial charge in [0.1, 0.15) is 5.75 Å². The van der Waals surface area contributed by atoms with Crippen molar-refractivity contribution in [3.8, 4) is 5.75 Å². The number of rotatable bonds is 14. The van der Waals surface area contributed by atoms with Gasteiger partial charge in [0.15, 0.2) is 0 Å². The Labute approximate surface area is 142 Å². The molecule has 1 rings (SSSR count). The summed E-state index contributed by atoms with van der Waals surface area (Å²) in [7, 11) is 0. The number of hydrogen-bond acceptors (Lipinski definition) is 4. The Balaban J connectivity index is 2.21. The van der Waals surface area contributed by atoms with Crippen LogP contribution in [0.15, 0.2) is 24.3 Å². The molecule has 0 aliphatic rings. The van der Waals surface area contributed by atoms with E-state index >= 15 is 0 Å². The van der Waals surface area contributed by atoms with Crippen molar-refractivity contribution in [2.75, 3.05) is 18.5 Å². The zero-order chi connectivity index (χ0) is 17.6. The Kier molecular flexibility index (Phi) is 10.1. The van der Waals surface area contributed by atoms with E-state index in [0.717, 1.165) is 43.7 Å². The third-order valence-electron chi connectivity index (χ3n) is 3.56. The molecule has 24 heavy (non-hydrogen) atoms. The molecule has 0 heterocycles. The molecule has 0 amide bonds. The summed E-state index contributed by atoms with van der Waals surface area (Å²) in [5.41, 5.74) is 0.932. The van der Waals surface area contributed by atoms with Crippen molar-refractivity contribution in [2.24, 2.45) is 0 Å². The highest BCUT2D eigenvalue weighted by molar-refractivity contribution is 5.66. The molecule has 0 fully saturated rings. The van der Waals surface area contributed by atoms with Gasteiger partial charge in [-0.3, -0.25) is 9.59 Å². The lowest BCUT2D eigenvalue weighted by Crippen LogP contribution is -2.05. The van der Waals surface area contributed by atoms with Crippen LogP contribution in [0.3, 0.4) is 0 Å². The number of carbonyl (C=O) groups is 2. The Morgan fingerprint density at radius 1 is 0.875 bits per heavy atom. The van der Waals surface area contributed by atoms with Crippen molar-refractivity contribution in [3.63, 3.8) is 0 Å². The molecule has 0 aliphatic carbocycles. The van der Waals surface area contributed by atoms with Crippen molar-refractivity contribution in [2.45, 2.75) is 51.4 Å². The number of ether oxygens (including phenoxy) is 1. The predicted octanol–water partition coefficient (Wildman–Crippen LogP) is 3.77. The second kappa shape index (κ2) is 12.2. The topological polar surface area (TPSA) is 95.9 Å². The summed E-state index contributed by atoms with van der Waals surface area (Å²) in [6.07, 6.45) is 5.27. The van der Waals surface area contributed by atoms with Crippen LogP contribution in [0.1, 0.15) is 51.4 Å². The average molecular weight is 337 g/mol. The summed E-state index contributed by atoms with van der Waals surface area (Å²) in [4.78, 5) is 20.9. The highest BCUT2D eigenvalue weighted by atomic mass is 16.5. The lowest BCUT2D eigenvalue weighted by molar-refractivity contribution is -0.138. The van der Waals surface area contributed by atoms with Gasteiger partial charge in [-0.2, -0.15) is 0 Å². The Morgan fingerprint density at radius 2 is 1.50 bits per heavy atom. The van der Waals surface area contributed by atoms with Gasteiger partial charge in [-0.15, -0.1) is 0 Å². The number of carboxylic acids is 2. The maximum absolute atomic E-state index is 10.4. The third-order valence-corrected chi connectivity index (χ3v) is 3.56. The van der Waals surface area contributed by atoms with E-state index in [4.69, 9.17) is 14.9 Å². The molecule has 1 aromatic rings. The molecule has 0 radical (unpaired) electrons. The predicted molar refractivity (Wildman–Crippen MR) is 92.6 cm³/mol. The number of unbranched alkanes of at least 4 members (excludes halogenated alkanes) is 4. The highest BCUT2D eigenvalue weighted by Crippen LogP contribution is 2.24. The minimum absolute atomic E-state index is 0.208. The van der Waals surface area contributed by atoms with Crippen LogP contribution >= 0.6 is 0 Å². The van der Waals surface area contributed by atoms with E-state index in [0.29, 0.717) is 19.4 Å². The lowest BCUT2D eigenvalue weighted by atomic mass is 10.2. The van der Waals surface area contributed by atoms with Gasteiger partial charge in [0, 0.05) is 19.4 Å². The molecule has 0 aromatic heterocycles. The van der Waals surface area contributed by atoms with Gasteiger partial charge in [0.25, 0.3) is 0 Å². The van der Waals surface area contributed by atoms with Gasteiger partial charge in [-0.1, -0.05) is 18.6 Å². The Bertz CT molecular complexity index is 459. The zero-order valence-electron chi connectivity index (χ0n) is 14.0. The average Bonchev–Trinajstić information content (AvgIpc) is 2.54. The van der Waals surface area contributed by atoms with E-state index in [2.05, 4.69) is 5.32 Å². The van der Waals surface area contributed by atoms with E-state index in [9.17, 15) is 9.59 Å². The van der Waals surface area contributed by atoms with Crippen molar-refractivity contribution in [1.29, 1.82) is 0 Å². The molecule has 0 saturated carbocycles. The number of anilines is 1. The second-order valence-electron chi connectivity index (χ2n) is 5.68. The normalized spacial score (nSPS) is 10.3. The summed E-state index contributed by atoms with van der Waals surface area (Å²) >= 11 is 0. The van der Waals surface area contributed by atoms with Crippen LogP contribution in [0.5, 0.6) is 5.75 Å². The molecule has 134 valence electrons. The van der Waals surface area contributed by atoms with Gasteiger partial charge in [0.05, 0.1) is 12.3 Å². The van der Waals surface area contributed by atoms with Crippen LogP contribution in [0, 0.1) is 0 Å². The van der Waals surface area contributed by atoms with Crippen molar-refractivity contribution in [1.82, 2.24) is 0 Å². The van der Waals surface area contributed by atoms with Crippen LogP contribution in [0.4, 0.5) is 5.69 Å². The molecule has 1 aromatic carbocycles. The van der Waals surface area contributed by atoms with E-state index < -0.39 is 11.9 Å². The SMILES string of the molecule is O=C(O)CCCCCNc1ccccc1OCCCCCC(=O)O. The molecule has 6 nitrogen and oxygen atoms in total. The third kappa shape index (κ3) is 9.71.